The number of carbonyl (C=O) groups is 2. The Morgan fingerprint density at radius 1 is 0.419 bits per heavy atom. The van der Waals surface area contributed by atoms with Crippen molar-refractivity contribution in [2.45, 2.75) is 419 Å². The number of nitriles is 3. The van der Waals surface area contributed by atoms with Crippen LogP contribution < -0.4 is 52.0 Å². The number of anilines is 2. The molecule has 870 valence electrons. The number of carbonyl (C=O) groups excluding carboxylic acids is 2. The van der Waals surface area contributed by atoms with E-state index in [-0.39, 0.29) is 22.0 Å². The number of hydrogen-bond donors (Lipinski definition) is 8. The number of nitrogens with one attached hydrogen (secondary N) is 7. The van der Waals surface area contributed by atoms with Gasteiger partial charge in [-0.25, -0.2) is 31.4 Å². The Kier molecular flexibility index (Phi) is 84.4. The zero-order chi connectivity index (χ0) is 117. The van der Waals surface area contributed by atoms with Gasteiger partial charge in [0.15, 0.2) is 12.0 Å². The van der Waals surface area contributed by atoms with Crippen LogP contribution in [0, 0.1) is 98.6 Å². The molecule has 0 amide bonds. The van der Waals surface area contributed by atoms with Gasteiger partial charge in [0.2, 0.25) is 34.3 Å². The summed E-state index contributed by atoms with van der Waals surface area (Å²) in [5.41, 5.74) is 3.52. The second-order valence-electron chi connectivity index (χ2n) is 52.4. The van der Waals surface area contributed by atoms with Gasteiger partial charge in [0, 0.05) is 153 Å². The number of nitrogens with zero attached hydrogens (tertiary/aromatic N) is 14. The molecule has 2 rings (SSSR count). The molecule has 1 aliphatic carbocycles. The topological polar surface area (TPSA) is 464 Å². The smallest absolute Gasteiger partial charge is 0.298 e. The Morgan fingerprint density at radius 3 is 1.07 bits per heavy atom. The molecule has 1 aliphatic rings. The van der Waals surface area contributed by atoms with Crippen molar-refractivity contribution in [2.75, 3.05) is 166 Å². The molecule has 9 N–H and O–H groups in total. The van der Waals surface area contributed by atoms with E-state index in [1.54, 1.807) is 51.8 Å². The second kappa shape index (κ2) is 80.3. The molecule has 0 radical (unpaired) electrons. The van der Waals surface area contributed by atoms with Crippen molar-refractivity contribution in [2.24, 2.45) is 79.3 Å². The molecule has 1 saturated carbocycles. The first-order valence-electron chi connectivity index (χ1n) is 53.6. The van der Waals surface area contributed by atoms with Gasteiger partial charge in [0.25, 0.3) is 27.3 Å². The summed E-state index contributed by atoms with van der Waals surface area (Å²) >= 11 is 0. The highest BCUT2D eigenvalue weighted by Gasteiger charge is 2.35. The first-order chi connectivity index (χ1) is 66.9. The van der Waals surface area contributed by atoms with Crippen molar-refractivity contribution in [3.63, 3.8) is 0 Å². The third-order valence-electron chi connectivity index (χ3n) is 21.4. The van der Waals surface area contributed by atoms with Crippen LogP contribution >= 0.6 is 0 Å². The number of likely N-dealkylation sites (N-methyl/N-ethyl adjacent to an activating group) is 2. The Hall–Kier alpha value is -7.60. The summed E-state index contributed by atoms with van der Waals surface area (Å²) in [7, 11) is 13.2. The molecular weight excluding hydrogens is 1930 g/mol. The molecule has 0 spiro atoms. The fraction of sp³-hybridized carbons (Fsp3) is 0.865. The van der Waals surface area contributed by atoms with Crippen molar-refractivity contribution in [1.82, 2.24) is 54.8 Å². The number of Topliss-reactive ketones (excluding diaryl/α,β-unsaturated/α-hetero) is 2. The van der Waals surface area contributed by atoms with E-state index < -0.39 is 45.9 Å². The molecule has 37 heteroatoms. The molecule has 0 unspecified atom stereocenters. The average Bonchev–Trinajstić information content (AvgIpc) is 1.41. The fourth-order valence-corrected chi connectivity index (χ4v) is 15.4. The van der Waals surface area contributed by atoms with E-state index in [1.165, 1.54) is 44.8 Å². The van der Waals surface area contributed by atoms with Gasteiger partial charge < -0.3 is 60.3 Å². The molecule has 148 heavy (non-hydrogen) atoms. The lowest BCUT2D eigenvalue weighted by atomic mass is 9.89. The Morgan fingerprint density at radius 2 is 0.743 bits per heavy atom. The predicted molar refractivity (Wildman–Crippen MR) is 632 cm³/mol. The van der Waals surface area contributed by atoms with E-state index in [2.05, 4.69) is 269 Å². The van der Waals surface area contributed by atoms with E-state index in [4.69, 9.17) is 20.9 Å². The summed E-state index contributed by atoms with van der Waals surface area (Å²) in [5.74, 6) is 4.10. The minimum absolute atomic E-state index is 0.0860. The zero-order valence-corrected chi connectivity index (χ0v) is 105. The Balaban J connectivity index is -0.000000247. The van der Waals surface area contributed by atoms with Crippen molar-refractivity contribution >= 4 is 76.6 Å². The quantitative estimate of drug-likeness (QED) is 0.00439. The zero-order valence-electron chi connectivity index (χ0n) is 103. The number of hydrogen-bond acceptors (Lipinski definition) is 25. The van der Waals surface area contributed by atoms with Gasteiger partial charge in [-0.3, -0.25) is 35.0 Å². The summed E-state index contributed by atoms with van der Waals surface area (Å²) in [6, 6.07) is 0. The SMILES string of the molecule is CC(=O)CCCC(C)(C)C.CC(=O)CCCCCC(C)(C)C.CC(C)(C)CCCNS(=O)(=O)C1CC1.CC(C)(C)CCCS(C)(=O)=O.CN(C)/C(=C\[N+](=O)[O-])NCCCC(C)(C)C.CN(C)C(=NCCCC(C)(C)C)NS(N)(=O)=O.CN(C)C(CCCC(C)(C)C)=NC#N.CN(C)C(CCCCCC(C)(C)C)=NC#N.CN(C)CCNC(=NCCCC(C)(C)C)NC#N.CN(C)CCNc1c(NCCCC(C)(C)C)c(=O)c1=O. The van der Waals surface area contributed by atoms with Crippen molar-refractivity contribution in [1.29, 1.82) is 15.8 Å². The molecule has 0 saturated heterocycles. The highest BCUT2D eigenvalue weighted by molar-refractivity contribution is 7.90. The van der Waals surface area contributed by atoms with Crippen molar-refractivity contribution in [3.05, 3.63) is 42.6 Å². The number of unbranched alkanes of at least 4 members (excludes halogenated alkanes) is 4. The van der Waals surface area contributed by atoms with Crippen LogP contribution in [0.15, 0.2) is 41.6 Å². The largest absolute Gasteiger partial charge is 0.380 e. The van der Waals surface area contributed by atoms with Gasteiger partial charge >= 0.3 is 0 Å². The third kappa shape index (κ3) is 125. The van der Waals surface area contributed by atoms with Gasteiger partial charge in [0.05, 0.1) is 10.2 Å². The van der Waals surface area contributed by atoms with E-state index in [0.29, 0.717) is 103 Å². The maximum absolute atomic E-state index is 11.5. The second-order valence-corrected chi connectivity index (χ2v) is 58.0. The summed E-state index contributed by atoms with van der Waals surface area (Å²) < 4.78 is 70.9. The van der Waals surface area contributed by atoms with Crippen LogP contribution in [-0.2, 0) is 39.7 Å². The molecule has 0 heterocycles. The van der Waals surface area contributed by atoms with Gasteiger partial charge in [-0.2, -0.15) is 34.2 Å². The van der Waals surface area contributed by atoms with Gasteiger partial charge in [-0.05, 0) is 237 Å². The third-order valence-corrected chi connectivity index (χ3v) is 24.9. The number of rotatable bonds is 48. The van der Waals surface area contributed by atoms with E-state index in [1.807, 2.05) is 89.7 Å². The maximum Gasteiger partial charge on any atom is 0.298 e. The van der Waals surface area contributed by atoms with Crippen LogP contribution in [-0.4, -0.2) is 255 Å². The monoisotopic (exact) mass is 2160 g/mol. The maximum atomic E-state index is 11.5. The van der Waals surface area contributed by atoms with Crippen LogP contribution in [0.2, 0.25) is 0 Å². The average molecular weight is 2160 g/mol. The highest BCUT2D eigenvalue weighted by atomic mass is 32.2. The Labute approximate surface area is 907 Å². The minimum Gasteiger partial charge on any atom is -0.380 e. The van der Waals surface area contributed by atoms with Gasteiger partial charge in [0.1, 0.15) is 44.4 Å². The molecule has 1 aromatic rings. The number of sulfone groups is 1. The molecule has 0 bridgehead atoms. The van der Waals surface area contributed by atoms with Gasteiger partial charge in [-0.1, -0.05) is 233 Å². The van der Waals surface area contributed by atoms with Crippen molar-refractivity contribution in [3.8, 4) is 18.6 Å². The lowest BCUT2D eigenvalue weighted by Crippen LogP contribution is -2.43. The predicted octanol–water partition coefficient (Wildman–Crippen LogP) is 21.6. The molecule has 34 nitrogen and oxygen atoms in total. The number of ketones is 2. The molecule has 0 atom stereocenters. The summed E-state index contributed by atoms with van der Waals surface area (Å²) in [4.78, 5) is 81.5. The molecule has 1 aromatic carbocycles. The van der Waals surface area contributed by atoms with Crippen LogP contribution in [0.25, 0.3) is 0 Å². The molecular formula is C111H226N22O12S3. The number of nitrogens with two attached hydrogens (primary N) is 1. The lowest BCUT2D eigenvalue weighted by molar-refractivity contribution is -0.404. The van der Waals surface area contributed by atoms with E-state index in [0.717, 1.165) is 211 Å². The molecule has 0 aliphatic heterocycles. The van der Waals surface area contributed by atoms with E-state index in [9.17, 15) is 54.5 Å². The van der Waals surface area contributed by atoms with Gasteiger partial charge in [-0.15, -0.1) is 0 Å². The fourth-order valence-electron chi connectivity index (χ4n) is 12.8. The highest BCUT2D eigenvalue weighted by Crippen LogP contribution is 2.31. The first kappa shape index (κ1) is 156. The van der Waals surface area contributed by atoms with Crippen molar-refractivity contribution < 1.29 is 39.8 Å². The normalized spacial score (nSPS) is 13.0. The number of guanidine groups is 2. The number of amidine groups is 2. The van der Waals surface area contributed by atoms with Crippen LogP contribution in [0.1, 0.15) is 414 Å². The number of sulfonamides is 1. The molecule has 1 fully saturated rings. The summed E-state index contributed by atoms with van der Waals surface area (Å²) in [5, 5.41) is 55.7. The van der Waals surface area contributed by atoms with Crippen LogP contribution in [0.3, 0.4) is 0 Å². The number of aliphatic imine (C=N–C) groups is 4. The number of nitro groups is 1. The van der Waals surface area contributed by atoms with Crippen LogP contribution in [0.5, 0.6) is 0 Å². The standard InChI is InChI=1S/C15H27N3O2.C13H27N5.C13H25N3.C11H23N3O2.C11H21N3.C11H22O.C10H24N4O2S.C10H21NO2S.C9H18O.C8H18O2S/c1-15(2,3)7-6-8-16-11-12(14(20)13(11)19)17-9-10-18(4)5;1-13(2,3)7-6-8-15-12(17-11-14)16-9-10-18(4)5;1-13(2,3)10-8-6-7-9-12(15-11-14)16(4)5;1-11(2,3)7-6-8-12-10(13(4)5)9-14(15)16;1-11(2,3)8-6-7-10(13-9-12)14(4)5;1-10(12)8-6-5-7-9-11(2,3)4;1-10(2,3)7-6-8-12-9(14(4)5)13-17(11,15)16;1-10(2,3)7-4-8-11-14(12,13)9-5-6-9;1-8(10)6-5-7-9(2,3)4;1-8(2,3)6-5-7-11(4,9)10/h16-17H,6-10H2,1-5H3;6-10H2,1-5H3,(H2,15,16,17);6-10H2,1-5H3;9,12H,6-8H2,1-5H3;6-8H2,1-5H3;5-9H2,1-4H3;6-8H2,1-5H3,(H,12,13)(H2,11,15,16);9,11H,4-8H2,1-3H3;5-7H2,1-4H3;5-7H2,1-4H3/b;;;10-9-;;;;;;. The van der Waals surface area contributed by atoms with Crippen LogP contribution in [0.4, 0.5) is 11.4 Å². The Bertz CT molecular complexity index is 4420. The lowest BCUT2D eigenvalue weighted by Gasteiger charge is -2.20. The first-order valence-corrected chi connectivity index (χ1v) is 58.8. The molecule has 0 aromatic heterocycles. The minimum atomic E-state index is -3.76. The van der Waals surface area contributed by atoms with E-state index >= 15 is 0 Å². The summed E-state index contributed by atoms with van der Waals surface area (Å²) in [6.07, 6.45) is 39.0. The summed E-state index contributed by atoms with van der Waals surface area (Å²) in [6.45, 7) is 75.9.